The first kappa shape index (κ1) is 21.7. The van der Waals surface area contributed by atoms with E-state index in [0.717, 1.165) is 12.1 Å². The Morgan fingerprint density at radius 1 is 1.13 bits per heavy atom. The highest BCUT2D eigenvalue weighted by atomic mass is 35.5. The summed E-state index contributed by atoms with van der Waals surface area (Å²) in [4.78, 5) is 24.2. The first-order chi connectivity index (χ1) is 14.7. The average molecular weight is 472 g/mol. The van der Waals surface area contributed by atoms with Crippen LogP contribution in [0.15, 0.2) is 12.1 Å². The number of benzene rings is 1. The fourth-order valence-corrected chi connectivity index (χ4v) is 5.37. The van der Waals surface area contributed by atoms with Crippen LogP contribution in [0.4, 0.5) is 19.4 Å². The number of urea groups is 1. The minimum absolute atomic E-state index is 0.106. The summed E-state index contributed by atoms with van der Waals surface area (Å²) < 4.78 is 53.0. The highest BCUT2D eigenvalue weighted by molar-refractivity contribution is 7.90. The molecular formula is C19H20ClF2N5O3S. The molecule has 12 heteroatoms. The van der Waals surface area contributed by atoms with Crippen LogP contribution in [0, 0.1) is 11.6 Å². The number of piperazine rings is 1. The number of carbonyl (C=O) groups excluding carboxylic acids is 1. The second-order valence-corrected chi connectivity index (χ2v) is 9.86. The molecule has 1 aromatic heterocycles. The van der Waals surface area contributed by atoms with Crippen molar-refractivity contribution in [1.82, 2.24) is 20.2 Å². The number of rotatable bonds is 3. The maximum atomic E-state index is 14.5. The molecule has 2 amide bonds. The van der Waals surface area contributed by atoms with Crippen molar-refractivity contribution in [2.24, 2.45) is 0 Å². The lowest BCUT2D eigenvalue weighted by atomic mass is 10.1. The Bertz CT molecular complexity index is 1150. The SMILES string of the molecule is CCNC(=O)N1CCN(c2nc(-c3cc(F)c(Cl)cc3F)nc3c2CS(=O)(=O)C3)CC1. The van der Waals surface area contributed by atoms with E-state index < -0.39 is 21.5 Å². The molecule has 1 aromatic carbocycles. The van der Waals surface area contributed by atoms with Gasteiger partial charge in [-0.25, -0.2) is 32.0 Å². The highest BCUT2D eigenvalue weighted by Gasteiger charge is 2.34. The molecule has 2 aliphatic rings. The van der Waals surface area contributed by atoms with Crippen LogP contribution in [-0.4, -0.2) is 62.0 Å². The van der Waals surface area contributed by atoms with Crippen molar-refractivity contribution in [3.8, 4) is 11.4 Å². The average Bonchev–Trinajstić information content (AvgIpc) is 3.04. The number of anilines is 1. The van der Waals surface area contributed by atoms with Crippen LogP contribution in [0.2, 0.25) is 5.02 Å². The van der Waals surface area contributed by atoms with Crippen molar-refractivity contribution in [3.63, 3.8) is 0 Å². The number of hydrogen-bond acceptors (Lipinski definition) is 6. The first-order valence-corrected chi connectivity index (χ1v) is 11.9. The molecule has 0 spiro atoms. The molecule has 31 heavy (non-hydrogen) atoms. The van der Waals surface area contributed by atoms with Gasteiger partial charge < -0.3 is 15.1 Å². The highest BCUT2D eigenvalue weighted by Crippen LogP contribution is 2.35. The maximum Gasteiger partial charge on any atom is 0.317 e. The lowest BCUT2D eigenvalue weighted by Gasteiger charge is -2.36. The molecule has 0 atom stereocenters. The van der Waals surface area contributed by atoms with Crippen molar-refractivity contribution >= 4 is 33.3 Å². The smallest absolute Gasteiger partial charge is 0.317 e. The molecule has 2 aromatic rings. The van der Waals surface area contributed by atoms with Gasteiger partial charge in [-0.3, -0.25) is 0 Å². The Morgan fingerprint density at radius 3 is 2.52 bits per heavy atom. The zero-order chi connectivity index (χ0) is 22.3. The summed E-state index contributed by atoms with van der Waals surface area (Å²) >= 11 is 5.64. The molecule has 0 bridgehead atoms. The number of halogens is 3. The first-order valence-electron chi connectivity index (χ1n) is 9.71. The molecule has 0 radical (unpaired) electrons. The van der Waals surface area contributed by atoms with Crippen LogP contribution < -0.4 is 10.2 Å². The van der Waals surface area contributed by atoms with Crippen molar-refractivity contribution in [2.75, 3.05) is 37.6 Å². The van der Waals surface area contributed by atoms with Gasteiger partial charge in [-0.05, 0) is 19.1 Å². The fraction of sp³-hybridized carbons (Fsp3) is 0.421. The van der Waals surface area contributed by atoms with E-state index in [2.05, 4.69) is 15.3 Å². The van der Waals surface area contributed by atoms with E-state index in [-0.39, 0.29) is 39.6 Å². The monoisotopic (exact) mass is 471 g/mol. The zero-order valence-corrected chi connectivity index (χ0v) is 18.2. The number of amides is 2. The van der Waals surface area contributed by atoms with E-state index in [1.807, 2.05) is 11.8 Å². The standard InChI is InChI=1S/C19H20ClF2N5O3S/c1-2-23-19(28)27-5-3-26(4-6-27)18-12-9-31(29,30)10-16(12)24-17(25-18)11-7-15(22)13(20)8-14(11)21/h7-8H,2-6,9-10H2,1H3,(H,23,28). The summed E-state index contributed by atoms with van der Waals surface area (Å²) in [6, 6.07) is 1.57. The third-order valence-electron chi connectivity index (χ3n) is 5.24. The lowest BCUT2D eigenvalue weighted by Crippen LogP contribution is -2.52. The van der Waals surface area contributed by atoms with Gasteiger partial charge in [0.25, 0.3) is 0 Å². The predicted molar refractivity (Wildman–Crippen MR) is 112 cm³/mol. The van der Waals surface area contributed by atoms with Gasteiger partial charge in [0.05, 0.1) is 27.8 Å². The molecule has 0 unspecified atom stereocenters. The van der Waals surface area contributed by atoms with Gasteiger partial charge in [-0.1, -0.05) is 11.6 Å². The Labute approximate surface area is 183 Å². The summed E-state index contributed by atoms with van der Waals surface area (Å²) in [6.07, 6.45) is 0. The molecule has 3 heterocycles. The number of fused-ring (bicyclic) bond motifs is 1. The van der Waals surface area contributed by atoms with Crippen LogP contribution in [0.1, 0.15) is 18.2 Å². The number of nitrogens with zero attached hydrogens (tertiary/aromatic N) is 4. The van der Waals surface area contributed by atoms with Gasteiger partial charge in [-0.2, -0.15) is 0 Å². The zero-order valence-electron chi connectivity index (χ0n) is 16.7. The molecule has 0 saturated carbocycles. The molecule has 0 aliphatic carbocycles. The number of hydrogen-bond donors (Lipinski definition) is 1. The summed E-state index contributed by atoms with van der Waals surface area (Å²) in [5, 5.41) is 2.38. The molecule has 2 aliphatic heterocycles. The molecule has 1 N–H and O–H groups in total. The topological polar surface area (TPSA) is 95.5 Å². The van der Waals surface area contributed by atoms with Gasteiger partial charge >= 0.3 is 6.03 Å². The third kappa shape index (κ3) is 4.29. The molecule has 1 fully saturated rings. The Morgan fingerprint density at radius 2 is 1.84 bits per heavy atom. The van der Waals surface area contributed by atoms with E-state index in [0.29, 0.717) is 44.1 Å². The molecular weight excluding hydrogens is 452 g/mol. The Balaban J connectivity index is 1.72. The Kier molecular flexibility index (Phi) is 5.73. The largest absolute Gasteiger partial charge is 0.353 e. The van der Waals surface area contributed by atoms with E-state index >= 15 is 0 Å². The van der Waals surface area contributed by atoms with E-state index in [4.69, 9.17) is 11.6 Å². The van der Waals surface area contributed by atoms with Gasteiger partial charge in [0.2, 0.25) is 0 Å². The van der Waals surface area contributed by atoms with E-state index in [1.54, 1.807) is 4.90 Å². The minimum Gasteiger partial charge on any atom is -0.353 e. The second kappa shape index (κ2) is 8.19. The van der Waals surface area contributed by atoms with E-state index in [1.165, 1.54) is 0 Å². The normalized spacial score (nSPS) is 17.5. The third-order valence-corrected chi connectivity index (χ3v) is 6.97. The predicted octanol–water partition coefficient (Wildman–Crippen LogP) is 2.36. The van der Waals surface area contributed by atoms with Gasteiger partial charge in [0.15, 0.2) is 15.7 Å². The van der Waals surface area contributed by atoms with Crippen molar-refractivity contribution in [2.45, 2.75) is 18.4 Å². The maximum absolute atomic E-state index is 14.5. The molecule has 166 valence electrons. The van der Waals surface area contributed by atoms with Gasteiger partial charge in [-0.15, -0.1) is 0 Å². The number of sulfone groups is 1. The quantitative estimate of drug-likeness (QED) is 0.690. The lowest BCUT2D eigenvalue weighted by molar-refractivity contribution is 0.195. The molecule has 8 nitrogen and oxygen atoms in total. The number of carbonyl (C=O) groups is 1. The fourth-order valence-electron chi connectivity index (χ4n) is 3.72. The van der Waals surface area contributed by atoms with Gasteiger partial charge in [0.1, 0.15) is 17.5 Å². The summed E-state index contributed by atoms with van der Waals surface area (Å²) in [7, 11) is -3.41. The second-order valence-electron chi connectivity index (χ2n) is 7.38. The summed E-state index contributed by atoms with van der Waals surface area (Å²) in [5.74, 6) is -1.88. The van der Waals surface area contributed by atoms with Crippen LogP contribution in [0.5, 0.6) is 0 Å². The van der Waals surface area contributed by atoms with Crippen LogP contribution >= 0.6 is 11.6 Å². The molecule has 4 rings (SSSR count). The number of aromatic nitrogens is 2. The summed E-state index contributed by atoms with van der Waals surface area (Å²) in [5.41, 5.74) is 0.544. The van der Waals surface area contributed by atoms with Crippen LogP contribution in [0.3, 0.4) is 0 Å². The Hall–Kier alpha value is -2.53. The van der Waals surface area contributed by atoms with Crippen molar-refractivity contribution in [1.29, 1.82) is 0 Å². The van der Waals surface area contributed by atoms with Crippen molar-refractivity contribution < 1.29 is 22.0 Å². The van der Waals surface area contributed by atoms with Crippen LogP contribution in [-0.2, 0) is 21.3 Å². The number of nitrogens with one attached hydrogen (secondary N) is 1. The summed E-state index contributed by atoms with van der Waals surface area (Å²) in [6.45, 7) is 4.00. The minimum atomic E-state index is -3.41. The van der Waals surface area contributed by atoms with Gasteiger partial charge in [0, 0.05) is 38.3 Å². The van der Waals surface area contributed by atoms with Crippen LogP contribution in [0.25, 0.3) is 11.4 Å². The molecule has 1 saturated heterocycles. The van der Waals surface area contributed by atoms with Crippen molar-refractivity contribution in [3.05, 3.63) is 40.0 Å². The van der Waals surface area contributed by atoms with E-state index in [9.17, 15) is 22.0 Å².